The van der Waals surface area contributed by atoms with Crippen LogP contribution in [0.15, 0.2) is 59.1 Å². The van der Waals surface area contributed by atoms with E-state index in [1.807, 2.05) is 0 Å². The van der Waals surface area contributed by atoms with Crippen molar-refractivity contribution in [1.29, 1.82) is 0 Å². The molecule has 1 aliphatic heterocycles. The quantitative estimate of drug-likeness (QED) is 0.294. The summed E-state index contributed by atoms with van der Waals surface area (Å²) in [7, 11) is 1.59. The summed E-state index contributed by atoms with van der Waals surface area (Å²) >= 11 is 5.53. The molecule has 0 bridgehead atoms. The first-order valence-electron chi connectivity index (χ1n) is 12.0. The number of carbonyl (C=O) groups is 3. The zero-order valence-corrected chi connectivity index (χ0v) is 22.1. The van der Waals surface area contributed by atoms with Crippen LogP contribution in [0.5, 0.6) is 5.75 Å². The second-order valence-corrected chi connectivity index (χ2v) is 8.99. The number of ether oxygens (including phenoxy) is 1. The first kappa shape index (κ1) is 28.5. The lowest BCUT2D eigenvalue weighted by atomic mass is 10.1. The summed E-state index contributed by atoms with van der Waals surface area (Å²) in [6.45, 7) is 1.98. The molecule has 4 rings (SSSR count). The van der Waals surface area contributed by atoms with E-state index in [4.69, 9.17) is 16.7 Å². The Morgan fingerprint density at radius 3 is 2.42 bits per heavy atom. The molecule has 0 aliphatic carbocycles. The highest BCUT2D eigenvalue weighted by atomic mass is 32.1. The average Bonchev–Trinajstić information content (AvgIpc) is 3.35. The van der Waals surface area contributed by atoms with Gasteiger partial charge in [0.1, 0.15) is 18.3 Å². The van der Waals surface area contributed by atoms with Gasteiger partial charge in [-0.15, -0.1) is 13.2 Å². The number of thiocarbonyl (C=S) groups is 1. The first-order valence-corrected chi connectivity index (χ1v) is 12.4. The van der Waals surface area contributed by atoms with Crippen LogP contribution in [0.25, 0.3) is 0 Å². The lowest BCUT2D eigenvalue weighted by molar-refractivity contribution is -0.746. The molecule has 1 aliphatic rings. The van der Waals surface area contributed by atoms with E-state index in [1.54, 1.807) is 44.3 Å². The van der Waals surface area contributed by atoms with Crippen LogP contribution < -0.4 is 20.1 Å². The molecule has 1 fully saturated rings. The minimum Gasteiger partial charge on any atom is -0.406 e. The fourth-order valence-corrected chi connectivity index (χ4v) is 4.45. The van der Waals surface area contributed by atoms with Crippen molar-refractivity contribution < 1.29 is 41.5 Å². The predicted molar refractivity (Wildman–Crippen MR) is 138 cm³/mol. The van der Waals surface area contributed by atoms with Crippen molar-refractivity contribution in [2.45, 2.75) is 32.3 Å². The van der Waals surface area contributed by atoms with Crippen molar-refractivity contribution >= 4 is 46.6 Å². The van der Waals surface area contributed by atoms with Gasteiger partial charge in [-0.05, 0) is 60.2 Å². The largest absolute Gasteiger partial charge is 0.573 e. The number of rotatable bonds is 9. The summed E-state index contributed by atoms with van der Waals surface area (Å²) in [6.07, 6.45) is -5.15. The molecule has 1 atom stereocenters. The number of carbonyl (C=O) groups excluding carboxylic acids is 3. The fourth-order valence-electron chi connectivity index (χ4n) is 4.04. The number of hydrogen-bond donors (Lipinski definition) is 2. The lowest BCUT2D eigenvalue weighted by Crippen LogP contribution is -2.43. The number of nitrogens with one attached hydrogen (secondary N) is 2. The van der Waals surface area contributed by atoms with Gasteiger partial charge in [0.2, 0.25) is 11.2 Å². The molecule has 1 aromatic heterocycles. The Hall–Kier alpha value is -4.53. The van der Waals surface area contributed by atoms with E-state index in [2.05, 4.69) is 20.6 Å². The van der Waals surface area contributed by atoms with Gasteiger partial charge < -0.3 is 15.0 Å². The van der Waals surface area contributed by atoms with Gasteiger partial charge in [-0.1, -0.05) is 18.2 Å². The zero-order chi connectivity index (χ0) is 29.0. The molecule has 1 unspecified atom stereocenters. The highest BCUT2D eigenvalue weighted by Gasteiger charge is 2.44. The predicted octanol–water partition coefficient (Wildman–Crippen LogP) is 3.00. The number of nitrogens with zero attached hydrogens (tertiary/aromatic N) is 4. The van der Waals surface area contributed by atoms with Crippen LogP contribution in [0, 0.1) is 0 Å². The van der Waals surface area contributed by atoms with Gasteiger partial charge in [-0.25, -0.2) is 0 Å². The number of hydrogen-bond acceptors (Lipinski definition) is 7. The standard InChI is InChI=1S/C25H23F3N6O5S/c1-3-33-23(37)18(13-20(35)29-16-9-11-17(12-10-16)38-25(26,27)28)34(24(33)40)14-19-22(39-31-32(19)2)30-21(36)15-7-5-4-6-8-15/h4-12,18H,3,13-14H2,1-2H3,(H-,29,30,31,35,36)/p+1. The van der Waals surface area contributed by atoms with Crippen molar-refractivity contribution in [3.63, 3.8) is 0 Å². The number of alkyl halides is 3. The fraction of sp³-hybridized carbons (Fsp3) is 0.280. The maximum absolute atomic E-state index is 13.2. The second-order valence-electron chi connectivity index (χ2n) is 8.63. The van der Waals surface area contributed by atoms with Gasteiger partial charge in [0.25, 0.3) is 17.5 Å². The topological polar surface area (TPSA) is 121 Å². The summed E-state index contributed by atoms with van der Waals surface area (Å²) in [5.74, 6) is -1.79. The Morgan fingerprint density at radius 2 is 1.80 bits per heavy atom. The van der Waals surface area contributed by atoms with Crippen LogP contribution in [0.1, 0.15) is 29.4 Å². The maximum atomic E-state index is 13.2. The molecule has 0 spiro atoms. The van der Waals surface area contributed by atoms with E-state index in [0.29, 0.717) is 11.3 Å². The third-order valence-electron chi connectivity index (χ3n) is 5.96. The molecule has 0 radical (unpaired) electrons. The monoisotopic (exact) mass is 577 g/mol. The van der Waals surface area contributed by atoms with Crippen LogP contribution in [0.2, 0.25) is 0 Å². The zero-order valence-electron chi connectivity index (χ0n) is 21.3. The number of aryl methyl sites for hydroxylation is 1. The summed E-state index contributed by atoms with van der Waals surface area (Å²) in [5.41, 5.74) is 0.995. The number of anilines is 2. The van der Waals surface area contributed by atoms with Gasteiger partial charge in [-0.3, -0.25) is 29.1 Å². The maximum Gasteiger partial charge on any atom is 0.573 e. The van der Waals surface area contributed by atoms with Crippen molar-refractivity contribution in [2.24, 2.45) is 7.05 Å². The van der Waals surface area contributed by atoms with Gasteiger partial charge in [0.05, 0.1) is 6.42 Å². The first-order chi connectivity index (χ1) is 19.0. The van der Waals surface area contributed by atoms with Gasteiger partial charge in [0, 0.05) is 17.8 Å². The van der Waals surface area contributed by atoms with Crippen LogP contribution in [0.4, 0.5) is 24.7 Å². The number of benzene rings is 2. The number of likely N-dealkylation sites (N-methyl/N-ethyl adjacent to an activating group) is 1. The molecule has 2 aromatic carbocycles. The molecule has 3 aromatic rings. The van der Waals surface area contributed by atoms with Crippen molar-refractivity contribution in [2.75, 3.05) is 17.2 Å². The van der Waals surface area contributed by atoms with Gasteiger partial charge in [0.15, 0.2) is 12.2 Å². The third kappa shape index (κ3) is 6.54. The summed E-state index contributed by atoms with van der Waals surface area (Å²) < 4.78 is 47.7. The van der Waals surface area contributed by atoms with Crippen molar-refractivity contribution in [3.05, 3.63) is 65.9 Å². The average molecular weight is 578 g/mol. The Bertz CT molecular complexity index is 1410. The molecule has 210 valence electrons. The molecule has 2 N–H and O–H groups in total. The van der Waals surface area contributed by atoms with E-state index in [-0.39, 0.29) is 36.2 Å². The summed E-state index contributed by atoms with van der Waals surface area (Å²) in [6, 6.07) is 12.1. The van der Waals surface area contributed by atoms with Gasteiger partial charge >= 0.3 is 12.2 Å². The van der Waals surface area contributed by atoms with Crippen LogP contribution >= 0.6 is 12.2 Å². The van der Waals surface area contributed by atoms with Crippen molar-refractivity contribution in [1.82, 2.24) is 15.1 Å². The summed E-state index contributed by atoms with van der Waals surface area (Å²) in [5, 5.41) is 9.27. The summed E-state index contributed by atoms with van der Waals surface area (Å²) in [4.78, 5) is 41.6. The molecule has 15 heteroatoms. The minimum absolute atomic E-state index is 0.0209. The van der Waals surface area contributed by atoms with Crippen LogP contribution in [-0.4, -0.2) is 56.9 Å². The van der Waals surface area contributed by atoms with Crippen LogP contribution in [0.3, 0.4) is 0 Å². The smallest absolute Gasteiger partial charge is 0.406 e. The number of halogens is 3. The van der Waals surface area contributed by atoms with E-state index in [9.17, 15) is 27.6 Å². The Morgan fingerprint density at radius 1 is 1.12 bits per heavy atom. The highest BCUT2D eigenvalue weighted by molar-refractivity contribution is 7.80. The SMILES string of the molecule is CCN1C(=O)C(CC(=O)Nc2ccc(OC(F)(F)F)cc2)N(Cc2c(NC(=O)c3ccccc3)on[n+]2C)C1=S. The van der Waals surface area contributed by atoms with Crippen LogP contribution in [-0.2, 0) is 23.2 Å². The molecule has 0 saturated carbocycles. The van der Waals surface area contributed by atoms with Gasteiger partial charge in [-0.2, -0.15) is 0 Å². The number of aromatic nitrogens is 2. The molecule has 40 heavy (non-hydrogen) atoms. The van der Waals surface area contributed by atoms with E-state index in [0.717, 1.165) is 12.1 Å². The van der Waals surface area contributed by atoms with E-state index >= 15 is 0 Å². The molecular weight excluding hydrogens is 553 g/mol. The normalized spacial score (nSPS) is 15.4. The minimum atomic E-state index is -4.84. The third-order valence-corrected chi connectivity index (χ3v) is 6.42. The Balaban J connectivity index is 1.49. The highest BCUT2D eigenvalue weighted by Crippen LogP contribution is 2.27. The second kappa shape index (κ2) is 11.7. The molecule has 3 amide bonds. The number of amides is 3. The Labute approximate surface area is 231 Å². The lowest BCUT2D eigenvalue weighted by Gasteiger charge is -2.21. The molecule has 1 saturated heterocycles. The van der Waals surface area contributed by atoms with E-state index in [1.165, 1.54) is 26.6 Å². The van der Waals surface area contributed by atoms with E-state index < -0.39 is 35.9 Å². The van der Waals surface area contributed by atoms with Crippen molar-refractivity contribution in [3.8, 4) is 5.75 Å². The molecule has 2 heterocycles. The molecular formula is C25H24F3N6O5S+. The molecule has 11 nitrogen and oxygen atoms in total. The Kier molecular flexibility index (Phi) is 8.32.